The van der Waals surface area contributed by atoms with Gasteiger partial charge in [-0.1, -0.05) is 0 Å². The highest BCUT2D eigenvalue weighted by Crippen LogP contribution is 2.50. The van der Waals surface area contributed by atoms with Crippen LogP contribution in [0.3, 0.4) is 0 Å². The van der Waals surface area contributed by atoms with Gasteiger partial charge in [0, 0.05) is 0 Å². The fraction of sp³-hybridized carbons (Fsp3) is 0.273. The maximum absolute atomic E-state index is 12.9. The summed E-state index contributed by atoms with van der Waals surface area (Å²) in [5.41, 5.74) is -9.59. The molecule has 2 N–H and O–H groups in total. The number of hydrogen-bond donors (Lipinski definition) is 1. The van der Waals surface area contributed by atoms with Crippen LogP contribution in [0.4, 0.5) is 45.2 Å². The minimum Gasteiger partial charge on any atom is -0.397 e. The third kappa shape index (κ3) is 3.11. The number of nitrogens with zero attached hydrogens (tertiary/aromatic N) is 2. The molecule has 3 nitrogen and oxygen atoms in total. The van der Waals surface area contributed by atoms with Gasteiger partial charge < -0.3 is 5.73 Å². The number of alkyl halides is 9. The Bertz CT molecular complexity index is 726. The van der Waals surface area contributed by atoms with Gasteiger partial charge >= 0.3 is 18.5 Å². The standard InChI is InChI=1S/C11H2F9N3/c12-9(13,14)5-3(1-21)6(10(15,16)17)7(11(18,19)20)8(23)4(5)2-22/h23H2. The van der Waals surface area contributed by atoms with Crippen LogP contribution < -0.4 is 5.73 Å². The minimum atomic E-state index is -5.96. The van der Waals surface area contributed by atoms with Crippen LogP contribution in [0.5, 0.6) is 0 Å². The zero-order valence-electron chi connectivity index (χ0n) is 10.4. The van der Waals surface area contributed by atoms with E-state index in [0.717, 1.165) is 0 Å². The fourth-order valence-corrected chi connectivity index (χ4v) is 1.86. The molecule has 0 unspecified atom stereocenters. The Morgan fingerprint density at radius 1 is 0.609 bits per heavy atom. The van der Waals surface area contributed by atoms with Crippen molar-refractivity contribution < 1.29 is 39.5 Å². The van der Waals surface area contributed by atoms with E-state index in [1.54, 1.807) is 0 Å². The summed E-state index contributed by atoms with van der Waals surface area (Å²) < 4.78 is 116. The van der Waals surface area contributed by atoms with Crippen molar-refractivity contribution in [1.29, 1.82) is 10.5 Å². The molecule has 0 saturated heterocycles. The Morgan fingerprint density at radius 3 is 1.22 bits per heavy atom. The second-order valence-electron chi connectivity index (χ2n) is 4.01. The molecule has 0 aliphatic rings. The molecule has 124 valence electrons. The third-order valence-electron chi connectivity index (χ3n) is 2.61. The lowest BCUT2D eigenvalue weighted by atomic mass is 9.89. The molecule has 0 aliphatic heterocycles. The third-order valence-corrected chi connectivity index (χ3v) is 2.61. The molecule has 0 amide bonds. The number of hydrogen-bond acceptors (Lipinski definition) is 3. The predicted octanol–water partition coefficient (Wildman–Crippen LogP) is 4.07. The summed E-state index contributed by atoms with van der Waals surface area (Å²) in [5, 5.41) is 17.1. The highest BCUT2D eigenvalue weighted by Gasteiger charge is 2.52. The number of nitriles is 2. The second-order valence-corrected chi connectivity index (χ2v) is 4.01. The molecule has 0 fully saturated rings. The van der Waals surface area contributed by atoms with E-state index in [0.29, 0.717) is 12.1 Å². The molecule has 23 heavy (non-hydrogen) atoms. The van der Waals surface area contributed by atoms with Gasteiger partial charge in [-0.3, -0.25) is 0 Å². The summed E-state index contributed by atoms with van der Waals surface area (Å²) in [6.45, 7) is 0. The molecule has 0 spiro atoms. The van der Waals surface area contributed by atoms with E-state index in [9.17, 15) is 39.5 Å². The predicted molar refractivity (Wildman–Crippen MR) is 55.3 cm³/mol. The summed E-state index contributed by atoms with van der Waals surface area (Å²) in [5.74, 6) is 0. The molecule has 1 rings (SSSR count). The van der Waals surface area contributed by atoms with Gasteiger partial charge in [0.1, 0.15) is 12.1 Å². The zero-order valence-corrected chi connectivity index (χ0v) is 10.4. The van der Waals surface area contributed by atoms with Crippen molar-refractivity contribution in [1.82, 2.24) is 0 Å². The summed E-state index contributed by atoms with van der Waals surface area (Å²) in [6.07, 6.45) is -17.5. The highest BCUT2D eigenvalue weighted by molar-refractivity contribution is 5.72. The average Bonchev–Trinajstić information content (AvgIpc) is 2.33. The first kappa shape index (κ1) is 18.4. The normalized spacial score (nSPS) is 12.7. The molecule has 0 aromatic heterocycles. The van der Waals surface area contributed by atoms with Gasteiger partial charge in [0.05, 0.1) is 33.5 Å². The van der Waals surface area contributed by atoms with Crippen molar-refractivity contribution in [3.8, 4) is 12.1 Å². The lowest BCUT2D eigenvalue weighted by Crippen LogP contribution is -2.25. The summed E-state index contributed by atoms with van der Waals surface area (Å²) in [4.78, 5) is 0. The Hall–Kier alpha value is -2.63. The van der Waals surface area contributed by atoms with Crippen molar-refractivity contribution in [3.63, 3.8) is 0 Å². The fourth-order valence-electron chi connectivity index (χ4n) is 1.86. The highest BCUT2D eigenvalue weighted by atomic mass is 19.4. The number of halogens is 9. The molecule has 1 aromatic rings. The van der Waals surface area contributed by atoms with Crippen molar-refractivity contribution in [2.24, 2.45) is 0 Å². The van der Waals surface area contributed by atoms with Crippen LogP contribution in [-0.2, 0) is 18.5 Å². The van der Waals surface area contributed by atoms with Crippen molar-refractivity contribution in [2.45, 2.75) is 18.5 Å². The molecule has 0 bridgehead atoms. The largest absolute Gasteiger partial charge is 0.419 e. The number of nitrogen functional groups attached to an aromatic ring is 1. The van der Waals surface area contributed by atoms with Crippen LogP contribution in [-0.4, -0.2) is 0 Å². The molecule has 0 saturated carbocycles. The van der Waals surface area contributed by atoms with E-state index >= 15 is 0 Å². The zero-order chi connectivity index (χ0) is 18.4. The van der Waals surface area contributed by atoms with E-state index in [1.807, 2.05) is 0 Å². The molecule has 0 aliphatic carbocycles. The van der Waals surface area contributed by atoms with E-state index in [2.05, 4.69) is 0 Å². The van der Waals surface area contributed by atoms with Gasteiger partial charge in [-0.25, -0.2) is 0 Å². The van der Waals surface area contributed by atoms with Gasteiger partial charge in [0.2, 0.25) is 0 Å². The van der Waals surface area contributed by atoms with E-state index in [-0.39, 0.29) is 0 Å². The number of rotatable bonds is 0. The van der Waals surface area contributed by atoms with Crippen molar-refractivity contribution in [3.05, 3.63) is 27.8 Å². The van der Waals surface area contributed by atoms with Crippen LogP contribution in [0.2, 0.25) is 0 Å². The molecular formula is C11H2F9N3. The molecular weight excluding hydrogens is 345 g/mol. The quantitative estimate of drug-likeness (QED) is 0.568. The van der Waals surface area contributed by atoms with Crippen LogP contribution in [0.25, 0.3) is 0 Å². The number of anilines is 1. The van der Waals surface area contributed by atoms with Gasteiger partial charge in [-0.05, 0) is 0 Å². The van der Waals surface area contributed by atoms with Gasteiger partial charge in [0.25, 0.3) is 0 Å². The first-order chi connectivity index (χ1) is 10.2. The topological polar surface area (TPSA) is 73.6 Å². The van der Waals surface area contributed by atoms with Crippen LogP contribution in [0.15, 0.2) is 0 Å². The van der Waals surface area contributed by atoms with Gasteiger partial charge in [-0.2, -0.15) is 50.0 Å². The Kier molecular flexibility index (Phi) is 4.18. The molecule has 0 atom stereocenters. The van der Waals surface area contributed by atoms with Gasteiger partial charge in [-0.15, -0.1) is 0 Å². The Balaban J connectivity index is 4.31. The minimum absolute atomic E-state index is 0.445. The first-order valence-electron chi connectivity index (χ1n) is 5.19. The molecule has 12 heteroatoms. The average molecular weight is 347 g/mol. The Morgan fingerprint density at radius 2 is 0.957 bits per heavy atom. The maximum atomic E-state index is 12.9. The first-order valence-corrected chi connectivity index (χ1v) is 5.19. The van der Waals surface area contributed by atoms with E-state index < -0.39 is 52.0 Å². The summed E-state index contributed by atoms with van der Waals surface area (Å²) >= 11 is 0. The SMILES string of the molecule is N#Cc1c(N)c(C(F)(F)F)c(C(F)(F)F)c(C#N)c1C(F)(F)F. The van der Waals surface area contributed by atoms with Gasteiger partial charge in [0.15, 0.2) is 0 Å². The number of benzene rings is 1. The Labute approximate surface area is 121 Å². The van der Waals surface area contributed by atoms with Crippen molar-refractivity contribution in [2.75, 3.05) is 5.73 Å². The molecule has 0 radical (unpaired) electrons. The second kappa shape index (κ2) is 5.22. The maximum Gasteiger partial charge on any atom is 0.419 e. The number of nitrogens with two attached hydrogens (primary N) is 1. The molecule has 1 aromatic carbocycles. The summed E-state index contributed by atoms with van der Waals surface area (Å²) in [6, 6.07) is 1.12. The van der Waals surface area contributed by atoms with Crippen molar-refractivity contribution >= 4 is 5.69 Å². The van der Waals surface area contributed by atoms with Crippen LogP contribution >= 0.6 is 0 Å². The summed E-state index contributed by atoms with van der Waals surface area (Å²) in [7, 11) is 0. The lowest BCUT2D eigenvalue weighted by molar-refractivity contribution is -0.163. The van der Waals surface area contributed by atoms with Crippen LogP contribution in [0, 0.1) is 22.7 Å². The smallest absolute Gasteiger partial charge is 0.397 e. The van der Waals surface area contributed by atoms with E-state index in [4.69, 9.17) is 16.3 Å². The monoisotopic (exact) mass is 347 g/mol. The molecule has 0 heterocycles. The van der Waals surface area contributed by atoms with Crippen LogP contribution in [0.1, 0.15) is 27.8 Å². The lowest BCUT2D eigenvalue weighted by Gasteiger charge is -2.23. The van der Waals surface area contributed by atoms with E-state index in [1.165, 1.54) is 0 Å².